The predicted octanol–water partition coefficient (Wildman–Crippen LogP) is 3.87. The Bertz CT molecular complexity index is 655. The van der Waals surface area contributed by atoms with Gasteiger partial charge in [-0.1, -0.05) is 6.07 Å². The summed E-state index contributed by atoms with van der Waals surface area (Å²) in [6.07, 6.45) is -4.72. The molecule has 0 fully saturated rings. The molecule has 0 aliphatic rings. The monoisotopic (exact) mass is 303 g/mol. The quantitative estimate of drug-likeness (QED) is 0.875. The molecule has 1 heterocycles. The fraction of sp³-hybridized carbons (Fsp3) is 0.231. The first-order valence-electron chi connectivity index (χ1n) is 5.97. The molecule has 0 radical (unpaired) electrons. The molecule has 0 bridgehead atoms. The lowest BCUT2D eigenvalue weighted by atomic mass is 10.1. The van der Waals surface area contributed by atoms with Gasteiger partial charge in [-0.3, -0.25) is 0 Å². The molecule has 2 aromatic rings. The van der Waals surface area contributed by atoms with Crippen LogP contribution >= 0.6 is 0 Å². The Balaban J connectivity index is 2.62. The van der Waals surface area contributed by atoms with Crippen LogP contribution in [0.3, 0.4) is 0 Å². The Labute approximate surface area is 116 Å². The minimum absolute atomic E-state index is 0.284. The summed E-state index contributed by atoms with van der Waals surface area (Å²) < 4.78 is 65.3. The lowest BCUT2D eigenvalue weighted by molar-refractivity contribution is -0.141. The highest BCUT2D eigenvalue weighted by atomic mass is 19.4. The van der Waals surface area contributed by atoms with Crippen molar-refractivity contribution in [3.05, 3.63) is 41.6 Å². The van der Waals surface area contributed by atoms with E-state index < -0.39 is 23.5 Å². The average Bonchev–Trinajstić information content (AvgIpc) is 2.41. The van der Waals surface area contributed by atoms with Gasteiger partial charge < -0.3 is 5.32 Å². The maximum Gasteiger partial charge on any atom is 0.433 e. The van der Waals surface area contributed by atoms with E-state index in [1.807, 2.05) is 0 Å². The van der Waals surface area contributed by atoms with E-state index in [-0.39, 0.29) is 23.8 Å². The molecule has 1 aromatic heterocycles. The summed E-state index contributed by atoms with van der Waals surface area (Å²) in [7, 11) is 0. The Kier molecular flexibility index (Phi) is 4.06. The van der Waals surface area contributed by atoms with Gasteiger partial charge in [0.05, 0.1) is 5.69 Å². The Morgan fingerprint density at radius 3 is 2.48 bits per heavy atom. The highest BCUT2D eigenvalue weighted by Crippen LogP contribution is 2.32. The van der Waals surface area contributed by atoms with E-state index in [1.165, 1.54) is 6.07 Å². The van der Waals surface area contributed by atoms with Gasteiger partial charge in [-0.25, -0.2) is 18.7 Å². The summed E-state index contributed by atoms with van der Waals surface area (Å²) >= 11 is 0. The molecular formula is C13H10F5N3. The molecule has 21 heavy (non-hydrogen) atoms. The van der Waals surface area contributed by atoms with E-state index in [9.17, 15) is 22.0 Å². The lowest BCUT2D eigenvalue weighted by Crippen LogP contribution is -2.12. The van der Waals surface area contributed by atoms with Gasteiger partial charge in [0.15, 0.2) is 17.3 Å². The van der Waals surface area contributed by atoms with Crippen LogP contribution in [0, 0.1) is 11.6 Å². The highest BCUT2D eigenvalue weighted by Gasteiger charge is 2.34. The van der Waals surface area contributed by atoms with Crippen molar-refractivity contribution in [2.24, 2.45) is 0 Å². The molecule has 0 saturated heterocycles. The largest absolute Gasteiger partial charge is 0.433 e. The van der Waals surface area contributed by atoms with Crippen molar-refractivity contribution in [3.8, 4) is 11.3 Å². The zero-order valence-electron chi connectivity index (χ0n) is 10.8. The molecule has 2 rings (SSSR count). The van der Waals surface area contributed by atoms with Crippen LogP contribution in [-0.2, 0) is 6.18 Å². The van der Waals surface area contributed by atoms with Crippen LogP contribution in [-0.4, -0.2) is 16.5 Å². The fourth-order valence-corrected chi connectivity index (χ4v) is 1.67. The van der Waals surface area contributed by atoms with E-state index in [1.54, 1.807) is 6.92 Å². The third kappa shape index (κ3) is 3.26. The molecule has 1 N–H and O–H groups in total. The molecule has 0 aliphatic heterocycles. The van der Waals surface area contributed by atoms with Gasteiger partial charge >= 0.3 is 6.18 Å². The summed E-state index contributed by atoms with van der Waals surface area (Å²) in [4.78, 5) is 7.09. The minimum Gasteiger partial charge on any atom is -0.354 e. The van der Waals surface area contributed by atoms with Gasteiger partial charge in [0, 0.05) is 12.1 Å². The molecule has 0 amide bonds. The molecule has 1 aromatic carbocycles. The van der Waals surface area contributed by atoms with Crippen molar-refractivity contribution >= 4 is 5.95 Å². The van der Waals surface area contributed by atoms with Crippen LogP contribution in [0.2, 0.25) is 0 Å². The maximum absolute atomic E-state index is 13.7. The summed E-state index contributed by atoms with van der Waals surface area (Å²) in [5.41, 5.74) is -1.93. The zero-order chi connectivity index (χ0) is 15.6. The zero-order valence-corrected chi connectivity index (χ0v) is 10.8. The van der Waals surface area contributed by atoms with Gasteiger partial charge in [0.2, 0.25) is 5.95 Å². The molecule has 0 aliphatic carbocycles. The standard InChI is InChI=1S/C13H10F5N3/c1-2-19-12-20-9(6-10(21-12)13(16,17)18)7-4-3-5-8(14)11(7)15/h3-6H,2H2,1H3,(H,19,20,21). The fourth-order valence-electron chi connectivity index (χ4n) is 1.67. The van der Waals surface area contributed by atoms with Gasteiger partial charge in [-0.2, -0.15) is 13.2 Å². The number of rotatable bonds is 3. The first kappa shape index (κ1) is 15.1. The molecule has 3 nitrogen and oxygen atoms in total. The normalized spacial score (nSPS) is 11.5. The minimum atomic E-state index is -4.72. The third-order valence-electron chi connectivity index (χ3n) is 2.58. The number of hydrogen-bond donors (Lipinski definition) is 1. The van der Waals surface area contributed by atoms with Crippen molar-refractivity contribution in [3.63, 3.8) is 0 Å². The lowest BCUT2D eigenvalue weighted by Gasteiger charge is -2.11. The number of aromatic nitrogens is 2. The van der Waals surface area contributed by atoms with Crippen molar-refractivity contribution in [1.82, 2.24) is 9.97 Å². The molecule has 0 saturated carbocycles. The van der Waals surface area contributed by atoms with Gasteiger partial charge in [-0.15, -0.1) is 0 Å². The van der Waals surface area contributed by atoms with E-state index in [0.717, 1.165) is 12.1 Å². The smallest absolute Gasteiger partial charge is 0.354 e. The molecule has 0 spiro atoms. The predicted molar refractivity (Wildman–Crippen MR) is 66.5 cm³/mol. The molecule has 112 valence electrons. The summed E-state index contributed by atoms with van der Waals surface area (Å²) in [5.74, 6) is -2.72. The summed E-state index contributed by atoms with van der Waals surface area (Å²) in [5, 5.41) is 2.53. The Morgan fingerprint density at radius 1 is 1.14 bits per heavy atom. The first-order valence-corrected chi connectivity index (χ1v) is 5.97. The number of halogens is 5. The Hall–Kier alpha value is -2.25. The number of nitrogens with zero attached hydrogens (tertiary/aromatic N) is 2. The van der Waals surface area contributed by atoms with E-state index >= 15 is 0 Å². The van der Waals surface area contributed by atoms with Crippen LogP contribution in [0.15, 0.2) is 24.3 Å². The molecule has 8 heteroatoms. The van der Waals surface area contributed by atoms with Gasteiger partial charge in [0.25, 0.3) is 0 Å². The number of benzene rings is 1. The van der Waals surface area contributed by atoms with Gasteiger partial charge in [-0.05, 0) is 25.1 Å². The first-order chi connectivity index (χ1) is 9.82. The SMILES string of the molecule is CCNc1nc(-c2cccc(F)c2F)cc(C(F)(F)F)n1. The van der Waals surface area contributed by atoms with E-state index in [2.05, 4.69) is 15.3 Å². The number of nitrogens with one attached hydrogen (secondary N) is 1. The van der Waals surface area contributed by atoms with Crippen LogP contribution < -0.4 is 5.32 Å². The molecule has 0 unspecified atom stereocenters. The highest BCUT2D eigenvalue weighted by molar-refractivity contribution is 5.62. The number of hydrogen-bond acceptors (Lipinski definition) is 3. The van der Waals surface area contributed by atoms with E-state index in [4.69, 9.17) is 0 Å². The van der Waals surface area contributed by atoms with Crippen LogP contribution in [0.4, 0.5) is 27.9 Å². The second-order valence-electron chi connectivity index (χ2n) is 4.09. The third-order valence-corrected chi connectivity index (χ3v) is 2.58. The van der Waals surface area contributed by atoms with Crippen molar-refractivity contribution in [2.75, 3.05) is 11.9 Å². The van der Waals surface area contributed by atoms with Crippen molar-refractivity contribution in [2.45, 2.75) is 13.1 Å². The summed E-state index contributed by atoms with van der Waals surface area (Å²) in [6, 6.07) is 3.79. The second kappa shape index (κ2) is 5.63. The number of alkyl halides is 3. The molecular weight excluding hydrogens is 293 g/mol. The average molecular weight is 303 g/mol. The van der Waals surface area contributed by atoms with Crippen LogP contribution in [0.5, 0.6) is 0 Å². The Morgan fingerprint density at radius 2 is 1.86 bits per heavy atom. The van der Waals surface area contributed by atoms with Crippen molar-refractivity contribution < 1.29 is 22.0 Å². The van der Waals surface area contributed by atoms with Crippen LogP contribution in [0.25, 0.3) is 11.3 Å². The van der Waals surface area contributed by atoms with Gasteiger partial charge in [0.1, 0.15) is 0 Å². The summed E-state index contributed by atoms with van der Waals surface area (Å²) in [6.45, 7) is 1.93. The topological polar surface area (TPSA) is 37.8 Å². The van der Waals surface area contributed by atoms with Crippen LogP contribution in [0.1, 0.15) is 12.6 Å². The number of anilines is 1. The van der Waals surface area contributed by atoms with E-state index in [0.29, 0.717) is 6.07 Å². The molecule has 0 atom stereocenters. The second-order valence-corrected chi connectivity index (χ2v) is 4.09. The maximum atomic E-state index is 13.7. The van der Waals surface area contributed by atoms with Crippen molar-refractivity contribution in [1.29, 1.82) is 0 Å².